The van der Waals surface area contributed by atoms with Crippen LogP contribution in [0.3, 0.4) is 0 Å². The van der Waals surface area contributed by atoms with Gasteiger partial charge >= 0.3 is 0 Å². The lowest BCUT2D eigenvalue weighted by Crippen LogP contribution is -2.46. The first-order valence-corrected chi connectivity index (χ1v) is 17.4. The van der Waals surface area contributed by atoms with Gasteiger partial charge in [0, 0.05) is 30.7 Å². The molecule has 1 spiro atoms. The van der Waals surface area contributed by atoms with E-state index in [0.717, 1.165) is 23.7 Å². The van der Waals surface area contributed by atoms with Gasteiger partial charge < -0.3 is 19.9 Å². The molecule has 1 saturated carbocycles. The van der Waals surface area contributed by atoms with Gasteiger partial charge in [-0.3, -0.25) is 4.98 Å². The molecular weight excluding hydrogens is 578 g/mol. The molecule has 2 N–H and O–H groups in total. The van der Waals surface area contributed by atoms with Gasteiger partial charge in [0.1, 0.15) is 10.6 Å². The maximum Gasteiger partial charge on any atom is 0.244 e. The summed E-state index contributed by atoms with van der Waals surface area (Å²) in [5, 5.41) is 13.9. The SMILES string of the molecule is O=S(=O)(c1cnc2ccccc2c1)N1CCC2(CC1)C[C@@H](NCCCOc1cccc(S(=O)(=O)C3(CO)CC3)c1)CO2. The number of piperidine rings is 1. The van der Waals surface area contributed by atoms with Crippen LogP contribution in [-0.4, -0.2) is 87.1 Å². The molecule has 0 unspecified atom stereocenters. The Kier molecular flexibility index (Phi) is 8.05. The highest BCUT2D eigenvalue weighted by atomic mass is 32.2. The van der Waals surface area contributed by atoms with Gasteiger partial charge in [0.05, 0.1) is 40.6 Å². The van der Waals surface area contributed by atoms with Crippen molar-refractivity contribution in [3.05, 3.63) is 60.8 Å². The predicted molar refractivity (Wildman–Crippen MR) is 158 cm³/mol. The number of hydrogen-bond acceptors (Lipinski definition) is 9. The average molecular weight is 616 g/mol. The number of pyridine rings is 1. The van der Waals surface area contributed by atoms with E-state index in [0.29, 0.717) is 64.3 Å². The van der Waals surface area contributed by atoms with Crippen molar-refractivity contribution in [1.29, 1.82) is 0 Å². The summed E-state index contributed by atoms with van der Waals surface area (Å²) in [5.41, 5.74) is 0.449. The van der Waals surface area contributed by atoms with Gasteiger partial charge in [-0.15, -0.1) is 0 Å². The van der Waals surface area contributed by atoms with E-state index in [4.69, 9.17) is 9.47 Å². The highest BCUT2D eigenvalue weighted by Gasteiger charge is 2.54. The second-order valence-electron chi connectivity index (χ2n) is 11.6. The Balaban J connectivity index is 0.949. The fourth-order valence-corrected chi connectivity index (χ4v) is 9.26. The molecule has 0 bridgehead atoms. The standard InChI is InChI=1S/C30H37N3O7S2/c34-22-30(9-10-30)41(35,36)26-7-3-6-25(18-26)39-16-4-13-31-24-19-29(40-21-24)11-14-33(15-12-29)42(37,38)27-17-23-5-1-2-8-28(23)32-20-27/h1-3,5-8,17-18,20,24,31,34H,4,9-16,19,21-22H2/t24-/m1/s1. The fourth-order valence-electron chi connectivity index (χ4n) is 6.00. The molecule has 2 aromatic carbocycles. The van der Waals surface area contributed by atoms with Crippen LogP contribution in [0, 0.1) is 0 Å². The van der Waals surface area contributed by atoms with Crippen molar-refractivity contribution in [3.8, 4) is 5.75 Å². The number of nitrogens with zero attached hydrogens (tertiary/aromatic N) is 2. The summed E-state index contributed by atoms with van der Waals surface area (Å²) in [6.45, 7) is 2.17. The zero-order chi connectivity index (χ0) is 29.4. The van der Waals surface area contributed by atoms with Crippen LogP contribution in [0.1, 0.15) is 38.5 Å². The van der Waals surface area contributed by atoms with Crippen molar-refractivity contribution >= 4 is 30.8 Å². The normalized spacial score (nSPS) is 22.0. The summed E-state index contributed by atoms with van der Waals surface area (Å²) < 4.78 is 64.9. The Bertz CT molecular complexity index is 1650. The number of sulfonamides is 1. The van der Waals surface area contributed by atoms with E-state index >= 15 is 0 Å². The molecule has 3 fully saturated rings. The Morgan fingerprint density at radius 2 is 1.79 bits per heavy atom. The van der Waals surface area contributed by atoms with E-state index in [2.05, 4.69) is 10.3 Å². The molecule has 1 atom stereocenters. The van der Waals surface area contributed by atoms with Crippen molar-refractivity contribution in [3.63, 3.8) is 0 Å². The fraction of sp³-hybridized carbons (Fsp3) is 0.500. The number of nitrogens with one attached hydrogen (secondary N) is 1. The van der Waals surface area contributed by atoms with E-state index in [-0.39, 0.29) is 28.0 Å². The topological polar surface area (TPSA) is 135 Å². The van der Waals surface area contributed by atoms with Crippen LogP contribution in [0.25, 0.3) is 10.9 Å². The van der Waals surface area contributed by atoms with Crippen molar-refractivity contribution in [2.75, 3.05) is 39.5 Å². The Morgan fingerprint density at radius 3 is 2.55 bits per heavy atom. The number of aliphatic hydroxyl groups excluding tert-OH is 1. The van der Waals surface area contributed by atoms with Gasteiger partial charge in [0.2, 0.25) is 10.0 Å². The summed E-state index contributed by atoms with van der Waals surface area (Å²) in [7, 11) is -7.22. The predicted octanol–water partition coefficient (Wildman–Crippen LogP) is 2.90. The van der Waals surface area contributed by atoms with Gasteiger partial charge in [0.25, 0.3) is 0 Å². The molecule has 2 saturated heterocycles. The minimum absolute atomic E-state index is 0.180. The number of hydrogen-bond donors (Lipinski definition) is 2. The van der Waals surface area contributed by atoms with Crippen LogP contribution >= 0.6 is 0 Å². The number of benzene rings is 2. The monoisotopic (exact) mass is 615 g/mol. The summed E-state index contributed by atoms with van der Waals surface area (Å²) in [5.74, 6) is 0.495. The maximum atomic E-state index is 13.3. The van der Waals surface area contributed by atoms with Crippen molar-refractivity contribution in [2.45, 2.75) is 64.7 Å². The summed E-state index contributed by atoms with van der Waals surface area (Å²) >= 11 is 0. The lowest BCUT2D eigenvalue weighted by molar-refractivity contribution is -0.0311. The van der Waals surface area contributed by atoms with E-state index in [1.54, 1.807) is 28.6 Å². The molecule has 6 rings (SSSR count). The van der Waals surface area contributed by atoms with Crippen molar-refractivity contribution in [2.24, 2.45) is 0 Å². The molecule has 42 heavy (non-hydrogen) atoms. The smallest absolute Gasteiger partial charge is 0.244 e. The second kappa shape index (κ2) is 11.5. The molecule has 0 amide bonds. The maximum absolute atomic E-state index is 13.3. The van der Waals surface area contributed by atoms with Crippen molar-refractivity contribution < 1.29 is 31.4 Å². The van der Waals surface area contributed by atoms with Crippen LogP contribution < -0.4 is 10.1 Å². The third-order valence-electron chi connectivity index (χ3n) is 8.85. The Labute approximate surface area is 247 Å². The van der Waals surface area contributed by atoms with Gasteiger partial charge in [-0.1, -0.05) is 24.3 Å². The Hall–Kier alpha value is -2.61. The number of aliphatic hydroxyl groups is 1. The van der Waals surface area contributed by atoms with E-state index < -0.39 is 24.6 Å². The van der Waals surface area contributed by atoms with Crippen LogP contribution in [0.2, 0.25) is 0 Å². The third kappa shape index (κ3) is 5.68. The van der Waals surface area contributed by atoms with Gasteiger partial charge in [0.15, 0.2) is 9.84 Å². The van der Waals surface area contributed by atoms with Crippen LogP contribution in [0.4, 0.5) is 0 Å². The van der Waals surface area contributed by atoms with Gasteiger partial charge in [-0.05, 0) is 75.4 Å². The highest BCUT2D eigenvalue weighted by Crippen LogP contribution is 2.46. The molecule has 1 aliphatic carbocycles. The number of fused-ring (bicyclic) bond motifs is 1. The minimum Gasteiger partial charge on any atom is -0.494 e. The number of aromatic nitrogens is 1. The first-order chi connectivity index (χ1) is 20.2. The molecule has 3 heterocycles. The molecule has 12 heteroatoms. The number of sulfone groups is 1. The molecular formula is C30H37N3O7S2. The minimum atomic E-state index is -3.63. The first kappa shape index (κ1) is 29.5. The van der Waals surface area contributed by atoms with E-state index in [9.17, 15) is 21.9 Å². The molecule has 1 aromatic heterocycles. The first-order valence-electron chi connectivity index (χ1n) is 14.5. The highest BCUT2D eigenvalue weighted by molar-refractivity contribution is 7.93. The summed E-state index contributed by atoms with van der Waals surface area (Å²) in [6.07, 6.45) is 5.25. The second-order valence-corrected chi connectivity index (χ2v) is 15.9. The average Bonchev–Trinajstić information content (AvgIpc) is 3.73. The largest absolute Gasteiger partial charge is 0.494 e. The van der Waals surface area contributed by atoms with Crippen LogP contribution in [0.15, 0.2) is 70.6 Å². The zero-order valence-electron chi connectivity index (χ0n) is 23.4. The third-order valence-corrected chi connectivity index (χ3v) is 13.3. The summed E-state index contributed by atoms with van der Waals surface area (Å²) in [6, 6.07) is 15.8. The molecule has 2 aliphatic heterocycles. The number of ether oxygens (including phenoxy) is 2. The number of para-hydroxylation sites is 1. The quantitative estimate of drug-likeness (QED) is 0.312. The molecule has 0 radical (unpaired) electrons. The zero-order valence-corrected chi connectivity index (χ0v) is 25.1. The van der Waals surface area contributed by atoms with Crippen molar-refractivity contribution in [1.82, 2.24) is 14.6 Å². The Morgan fingerprint density at radius 1 is 1.00 bits per heavy atom. The van der Waals surface area contributed by atoms with Gasteiger partial charge in [-0.25, -0.2) is 16.8 Å². The summed E-state index contributed by atoms with van der Waals surface area (Å²) in [4.78, 5) is 4.73. The number of rotatable bonds is 11. The van der Waals surface area contributed by atoms with E-state index in [1.165, 1.54) is 12.3 Å². The molecule has 10 nitrogen and oxygen atoms in total. The van der Waals surface area contributed by atoms with Gasteiger partial charge in [-0.2, -0.15) is 4.31 Å². The molecule has 3 aromatic rings. The molecule has 3 aliphatic rings. The lowest BCUT2D eigenvalue weighted by Gasteiger charge is -2.38. The van der Waals surface area contributed by atoms with Crippen LogP contribution in [-0.2, 0) is 24.6 Å². The molecule has 226 valence electrons. The van der Waals surface area contributed by atoms with E-state index in [1.807, 2.05) is 24.3 Å². The van der Waals surface area contributed by atoms with Crippen LogP contribution in [0.5, 0.6) is 5.75 Å². The lowest BCUT2D eigenvalue weighted by atomic mass is 9.88.